The molecule has 5 heteroatoms. The van der Waals surface area contributed by atoms with E-state index in [2.05, 4.69) is 39.9 Å². The Morgan fingerprint density at radius 1 is 1.22 bits per heavy atom. The van der Waals surface area contributed by atoms with Crippen molar-refractivity contribution in [1.82, 2.24) is 4.98 Å². The van der Waals surface area contributed by atoms with Crippen LogP contribution in [0.15, 0.2) is 12.1 Å². The number of aromatic nitrogens is 1. The molecule has 0 saturated heterocycles. The number of thiazole rings is 1. The maximum atomic E-state index is 5.97. The van der Waals surface area contributed by atoms with Crippen LogP contribution in [0, 0.1) is 6.92 Å². The lowest BCUT2D eigenvalue weighted by molar-refractivity contribution is 0.149. The summed E-state index contributed by atoms with van der Waals surface area (Å²) in [4.78, 5) is 4.69. The highest BCUT2D eigenvalue weighted by atomic mass is 32.1. The third kappa shape index (κ3) is 4.55. The lowest BCUT2D eigenvalue weighted by Crippen LogP contribution is -2.38. The summed E-state index contributed by atoms with van der Waals surface area (Å²) in [5.74, 6) is 0. The summed E-state index contributed by atoms with van der Waals surface area (Å²) < 4.78 is 7.06. The van der Waals surface area contributed by atoms with Crippen molar-refractivity contribution >= 4 is 35.3 Å². The average Bonchev–Trinajstić information content (AvgIpc) is 2.79. The first kappa shape index (κ1) is 18.4. The highest BCUT2D eigenvalue weighted by Gasteiger charge is 2.34. The number of nitrogen functional groups attached to an aromatic ring is 1. The predicted molar refractivity (Wildman–Crippen MR) is 105 cm³/mol. The zero-order chi connectivity index (χ0) is 17.3. The SMILES string of the molecule is Cc1cc2nc(CCOCC[Si](C)(C)C(C)(C)C)sc2cc1N. The molecule has 2 rings (SSSR count). The molecule has 0 spiro atoms. The van der Waals surface area contributed by atoms with Gasteiger partial charge in [0.15, 0.2) is 0 Å². The zero-order valence-electron chi connectivity index (χ0n) is 15.3. The van der Waals surface area contributed by atoms with Gasteiger partial charge in [-0.1, -0.05) is 33.9 Å². The van der Waals surface area contributed by atoms with E-state index in [4.69, 9.17) is 15.5 Å². The Balaban J connectivity index is 1.83. The van der Waals surface area contributed by atoms with Crippen LogP contribution in [-0.2, 0) is 11.2 Å². The van der Waals surface area contributed by atoms with Gasteiger partial charge in [-0.05, 0) is 35.7 Å². The van der Waals surface area contributed by atoms with Crippen molar-refractivity contribution in [1.29, 1.82) is 0 Å². The molecule has 1 heterocycles. The number of anilines is 1. The van der Waals surface area contributed by atoms with Gasteiger partial charge in [0.05, 0.1) is 29.9 Å². The summed E-state index contributed by atoms with van der Waals surface area (Å²) in [6.07, 6.45) is 0.885. The molecule has 0 fully saturated rings. The Morgan fingerprint density at radius 2 is 1.91 bits per heavy atom. The van der Waals surface area contributed by atoms with Crippen LogP contribution in [0.1, 0.15) is 31.3 Å². The predicted octanol–water partition coefficient (Wildman–Crippen LogP) is 5.25. The van der Waals surface area contributed by atoms with Gasteiger partial charge in [-0.3, -0.25) is 0 Å². The lowest BCUT2D eigenvalue weighted by Gasteiger charge is -2.36. The third-order valence-corrected chi connectivity index (χ3v) is 11.8. The minimum absolute atomic E-state index is 0.432. The van der Waals surface area contributed by atoms with Crippen LogP contribution in [0.3, 0.4) is 0 Å². The van der Waals surface area contributed by atoms with E-state index < -0.39 is 8.07 Å². The first-order chi connectivity index (χ1) is 10.6. The molecule has 0 saturated carbocycles. The van der Waals surface area contributed by atoms with Crippen LogP contribution < -0.4 is 5.73 Å². The summed E-state index contributed by atoms with van der Waals surface area (Å²) in [5.41, 5.74) is 8.97. The highest BCUT2D eigenvalue weighted by molar-refractivity contribution is 7.18. The van der Waals surface area contributed by atoms with Gasteiger partial charge >= 0.3 is 0 Å². The third-order valence-electron chi connectivity index (χ3n) is 5.18. The molecular formula is C18H30N2OSSi. The van der Waals surface area contributed by atoms with Crippen molar-refractivity contribution < 1.29 is 4.74 Å². The maximum Gasteiger partial charge on any atom is 0.0961 e. The Kier molecular flexibility index (Phi) is 5.54. The van der Waals surface area contributed by atoms with E-state index >= 15 is 0 Å². The summed E-state index contributed by atoms with van der Waals surface area (Å²) in [6, 6.07) is 5.32. The van der Waals surface area contributed by atoms with E-state index in [1.165, 1.54) is 10.7 Å². The molecule has 0 amide bonds. The van der Waals surface area contributed by atoms with Crippen molar-refractivity contribution in [2.24, 2.45) is 0 Å². The topological polar surface area (TPSA) is 48.1 Å². The Bertz CT molecular complexity index is 634. The number of nitrogens with two attached hydrogens (primary N) is 1. The van der Waals surface area contributed by atoms with Gasteiger partial charge in [0.25, 0.3) is 0 Å². The number of benzene rings is 1. The molecule has 3 nitrogen and oxygen atoms in total. The number of aryl methyl sites for hydroxylation is 1. The number of hydrogen-bond acceptors (Lipinski definition) is 4. The van der Waals surface area contributed by atoms with E-state index in [-0.39, 0.29) is 0 Å². The molecule has 0 bridgehead atoms. The maximum absolute atomic E-state index is 5.97. The first-order valence-electron chi connectivity index (χ1n) is 8.33. The quantitative estimate of drug-likeness (QED) is 0.439. The second-order valence-corrected chi connectivity index (χ2v) is 14.9. The monoisotopic (exact) mass is 350 g/mol. The van der Waals surface area contributed by atoms with Gasteiger partial charge in [0, 0.05) is 18.7 Å². The Hall–Kier alpha value is -0.913. The summed E-state index contributed by atoms with van der Waals surface area (Å²) in [7, 11) is -1.23. The summed E-state index contributed by atoms with van der Waals surface area (Å²) in [6.45, 7) is 15.6. The first-order valence-corrected chi connectivity index (χ1v) is 12.4. The van der Waals surface area contributed by atoms with Crippen LogP contribution in [0.25, 0.3) is 10.2 Å². The van der Waals surface area contributed by atoms with Crippen LogP contribution in [0.5, 0.6) is 0 Å². The molecule has 128 valence electrons. The molecule has 0 unspecified atom stereocenters. The number of ether oxygens (including phenoxy) is 1. The van der Waals surface area contributed by atoms with Crippen molar-refractivity contribution in [2.75, 3.05) is 18.9 Å². The Labute approximate surface area is 145 Å². The standard InChI is InChI=1S/C18H30N2OSSi/c1-13-11-15-16(12-14(13)19)22-17(20-15)7-8-21-9-10-23(5,6)18(2,3)4/h11-12H,7-10,19H2,1-6H3. The molecule has 2 N–H and O–H groups in total. The minimum Gasteiger partial charge on any atom is -0.398 e. The second-order valence-electron chi connectivity index (χ2n) is 8.03. The zero-order valence-corrected chi connectivity index (χ0v) is 17.1. The fourth-order valence-corrected chi connectivity index (χ4v) is 4.60. The largest absolute Gasteiger partial charge is 0.398 e. The normalized spacial score (nSPS) is 13.0. The molecule has 23 heavy (non-hydrogen) atoms. The van der Waals surface area contributed by atoms with Crippen molar-refractivity contribution in [3.63, 3.8) is 0 Å². The van der Waals surface area contributed by atoms with Crippen molar-refractivity contribution in [3.8, 4) is 0 Å². The van der Waals surface area contributed by atoms with E-state index in [9.17, 15) is 0 Å². The molecule has 2 aromatic rings. The van der Waals surface area contributed by atoms with E-state index in [0.717, 1.165) is 41.4 Å². The lowest BCUT2D eigenvalue weighted by atomic mass is 10.2. The van der Waals surface area contributed by atoms with Crippen molar-refractivity contribution in [2.45, 2.75) is 58.3 Å². The van der Waals surface area contributed by atoms with Crippen LogP contribution in [0.2, 0.25) is 24.2 Å². The number of fused-ring (bicyclic) bond motifs is 1. The van der Waals surface area contributed by atoms with Gasteiger partial charge in [0.2, 0.25) is 0 Å². The fourth-order valence-electron chi connectivity index (χ4n) is 2.21. The summed E-state index contributed by atoms with van der Waals surface area (Å²) in [5, 5.41) is 1.57. The van der Waals surface area contributed by atoms with Gasteiger partial charge in [-0.2, -0.15) is 0 Å². The van der Waals surface area contributed by atoms with E-state index in [1.54, 1.807) is 11.3 Å². The van der Waals surface area contributed by atoms with Crippen LogP contribution >= 0.6 is 11.3 Å². The smallest absolute Gasteiger partial charge is 0.0961 e. The number of hydrogen-bond donors (Lipinski definition) is 1. The molecule has 0 radical (unpaired) electrons. The second kappa shape index (κ2) is 6.91. The highest BCUT2D eigenvalue weighted by Crippen LogP contribution is 2.38. The molecule has 0 aliphatic carbocycles. The van der Waals surface area contributed by atoms with Gasteiger partial charge in [-0.15, -0.1) is 11.3 Å². The van der Waals surface area contributed by atoms with Crippen molar-refractivity contribution in [3.05, 3.63) is 22.7 Å². The number of rotatable bonds is 6. The molecule has 0 atom stereocenters. The van der Waals surface area contributed by atoms with E-state index in [1.807, 2.05) is 13.0 Å². The van der Waals surface area contributed by atoms with Crippen LogP contribution in [-0.4, -0.2) is 26.3 Å². The number of nitrogens with zero attached hydrogens (tertiary/aromatic N) is 1. The molecular weight excluding hydrogens is 320 g/mol. The minimum atomic E-state index is -1.23. The van der Waals surface area contributed by atoms with Gasteiger partial charge < -0.3 is 10.5 Å². The molecule has 0 aliphatic rings. The molecule has 1 aromatic carbocycles. The fraction of sp³-hybridized carbons (Fsp3) is 0.611. The average molecular weight is 351 g/mol. The summed E-state index contributed by atoms with van der Waals surface area (Å²) >= 11 is 1.73. The molecule has 0 aliphatic heterocycles. The van der Waals surface area contributed by atoms with Crippen LogP contribution in [0.4, 0.5) is 5.69 Å². The van der Waals surface area contributed by atoms with E-state index in [0.29, 0.717) is 5.04 Å². The Morgan fingerprint density at radius 3 is 2.57 bits per heavy atom. The van der Waals surface area contributed by atoms with Gasteiger partial charge in [0.1, 0.15) is 0 Å². The van der Waals surface area contributed by atoms with Gasteiger partial charge in [-0.25, -0.2) is 4.98 Å². The molecule has 1 aromatic heterocycles.